The minimum absolute atomic E-state index is 0.00586. The number of amides is 1. The molecule has 1 amide bonds. The zero-order valence-electron chi connectivity index (χ0n) is 34.8. The van der Waals surface area contributed by atoms with Gasteiger partial charge in [0.2, 0.25) is 0 Å². The number of anilines is 1. The lowest BCUT2D eigenvalue weighted by Gasteiger charge is -2.35. The Balaban J connectivity index is 3.22. The van der Waals surface area contributed by atoms with Crippen LogP contribution in [-0.2, 0) is 77.8 Å². The summed E-state index contributed by atoms with van der Waals surface area (Å²) in [6.07, 6.45) is -1.01. The van der Waals surface area contributed by atoms with E-state index in [1.807, 2.05) is 0 Å². The molecular weight excluding hydrogens is 812 g/mol. The van der Waals surface area contributed by atoms with Crippen LogP contribution in [0.2, 0.25) is 0 Å². The molecule has 0 fully saturated rings. The third-order valence-corrected chi connectivity index (χ3v) is 8.28. The second-order valence-electron chi connectivity index (χ2n) is 13.6. The number of ether oxygens (including phenoxy) is 9. The number of halogens is 2. The van der Waals surface area contributed by atoms with E-state index in [1.165, 1.54) is 6.07 Å². The Bertz CT molecular complexity index is 1650. The van der Waals surface area contributed by atoms with Crippen LogP contribution in [0.5, 0.6) is 0 Å². The van der Waals surface area contributed by atoms with E-state index in [0.717, 1.165) is 24.3 Å². The third kappa shape index (κ3) is 21.8. The maximum Gasteiger partial charge on any atom is 0.411 e. The molecule has 0 radical (unpaired) electrons. The van der Waals surface area contributed by atoms with Gasteiger partial charge >= 0.3 is 48.0 Å². The number of rotatable bonds is 31. The van der Waals surface area contributed by atoms with E-state index in [9.17, 15) is 42.3 Å². The molecule has 0 saturated heterocycles. The van der Waals surface area contributed by atoms with Gasteiger partial charge in [-0.05, 0) is 43.4 Å². The molecule has 0 aromatic heterocycles. The highest BCUT2D eigenvalue weighted by Gasteiger charge is 2.40. The number of carbonyl (C=O) groups excluding carboxylic acids is 7. The lowest BCUT2D eigenvalue weighted by atomic mass is 9.85. The lowest BCUT2D eigenvalue weighted by Crippen LogP contribution is -2.45. The molecule has 1 aromatic carbocycles. The van der Waals surface area contributed by atoms with Crippen LogP contribution in [0.4, 0.5) is 19.3 Å². The predicted octanol–water partition coefficient (Wildman–Crippen LogP) is 5.29. The number of hydrogen-bond donors (Lipinski definition) is 1. The summed E-state index contributed by atoms with van der Waals surface area (Å²) in [5.41, 5.74) is -1.66. The number of carbonyl (C=O) groups is 7. The van der Waals surface area contributed by atoms with Gasteiger partial charge in [-0.3, -0.25) is 14.9 Å². The van der Waals surface area contributed by atoms with Crippen molar-refractivity contribution in [3.63, 3.8) is 0 Å². The molecule has 338 valence electrons. The number of alkyl halides is 2. The first-order valence-electron chi connectivity index (χ1n) is 19.0. The molecule has 1 aromatic rings. The van der Waals surface area contributed by atoms with Gasteiger partial charge < -0.3 is 42.6 Å². The van der Waals surface area contributed by atoms with Gasteiger partial charge in [0.25, 0.3) is 0 Å². The zero-order valence-corrected chi connectivity index (χ0v) is 34.8. The van der Waals surface area contributed by atoms with Crippen molar-refractivity contribution < 1.29 is 85.0 Å². The summed E-state index contributed by atoms with van der Waals surface area (Å²) in [6.45, 7) is 13.7. The lowest BCUT2D eigenvalue weighted by molar-refractivity contribution is -0.255. The Labute approximate surface area is 353 Å². The van der Waals surface area contributed by atoms with Crippen molar-refractivity contribution in [2.45, 2.75) is 59.0 Å². The first kappa shape index (κ1) is 53.1. The molecule has 0 bridgehead atoms. The first-order chi connectivity index (χ1) is 28.9. The van der Waals surface area contributed by atoms with Crippen molar-refractivity contribution >= 4 is 47.6 Å². The van der Waals surface area contributed by atoms with E-state index < -0.39 is 105 Å². The van der Waals surface area contributed by atoms with Crippen LogP contribution in [0, 0.1) is 17.8 Å². The fourth-order valence-corrected chi connectivity index (χ4v) is 4.90. The Morgan fingerprint density at radius 3 is 1.66 bits per heavy atom. The van der Waals surface area contributed by atoms with Crippen LogP contribution in [-0.4, -0.2) is 114 Å². The summed E-state index contributed by atoms with van der Waals surface area (Å²) in [6, 6.07) is 4.65. The van der Waals surface area contributed by atoms with Crippen LogP contribution in [0.25, 0.3) is 0 Å². The topological polar surface area (TPSA) is 215 Å². The molecular formula is C42H55F2NO16. The molecule has 17 nitrogen and oxygen atoms in total. The fourth-order valence-electron chi connectivity index (χ4n) is 4.90. The fraction of sp³-hybridized carbons (Fsp3) is 0.500. The zero-order chi connectivity index (χ0) is 45.9. The molecule has 0 saturated carbocycles. The molecule has 1 rings (SSSR count). The van der Waals surface area contributed by atoms with Gasteiger partial charge in [-0.1, -0.05) is 52.3 Å². The molecule has 0 spiro atoms. The van der Waals surface area contributed by atoms with Crippen molar-refractivity contribution in [3.8, 4) is 0 Å². The minimum atomic E-state index is -3.67. The van der Waals surface area contributed by atoms with Gasteiger partial charge in [-0.25, -0.2) is 24.0 Å². The summed E-state index contributed by atoms with van der Waals surface area (Å²) in [5, 5.41) is 2.37. The normalized spacial score (nSPS) is 11.2. The molecule has 19 heteroatoms. The Morgan fingerprint density at radius 2 is 1.15 bits per heavy atom. The molecule has 0 aliphatic rings. The van der Waals surface area contributed by atoms with Crippen molar-refractivity contribution in [1.82, 2.24) is 0 Å². The number of esters is 6. The van der Waals surface area contributed by atoms with Gasteiger partial charge in [-0.2, -0.15) is 8.78 Å². The first-order valence-corrected chi connectivity index (χ1v) is 19.0. The number of benzene rings is 1. The second-order valence-corrected chi connectivity index (χ2v) is 13.6. The molecule has 0 atom stereocenters. The van der Waals surface area contributed by atoms with Crippen LogP contribution in [0.1, 0.15) is 50.7 Å². The number of hydrogen-bond acceptors (Lipinski definition) is 16. The van der Waals surface area contributed by atoms with Crippen LogP contribution in [0.15, 0.2) is 68.8 Å². The van der Waals surface area contributed by atoms with Crippen molar-refractivity contribution in [3.05, 3.63) is 79.9 Å². The molecule has 0 aliphatic heterocycles. The molecule has 0 heterocycles. The highest BCUT2D eigenvalue weighted by atomic mass is 19.3. The quantitative estimate of drug-likeness (QED) is 0.0434. The van der Waals surface area contributed by atoms with Crippen LogP contribution < -0.4 is 5.32 Å². The van der Waals surface area contributed by atoms with Crippen LogP contribution in [0.3, 0.4) is 0 Å². The summed E-state index contributed by atoms with van der Waals surface area (Å²) in [4.78, 5) is 85.9. The van der Waals surface area contributed by atoms with E-state index in [-0.39, 0.29) is 51.2 Å². The smallest absolute Gasteiger partial charge is 0.411 e. The largest absolute Gasteiger partial charge is 0.465 e. The van der Waals surface area contributed by atoms with Gasteiger partial charge in [0.15, 0.2) is 6.61 Å². The summed E-state index contributed by atoms with van der Waals surface area (Å²) < 4.78 is 74.6. The maximum atomic E-state index is 13.8. The second kappa shape index (κ2) is 27.7. The highest BCUT2D eigenvalue weighted by molar-refractivity contribution is 5.86. The summed E-state index contributed by atoms with van der Waals surface area (Å²) in [5.74, 6) is -4.62. The van der Waals surface area contributed by atoms with Crippen LogP contribution >= 0.6 is 0 Å². The van der Waals surface area contributed by atoms with Crippen molar-refractivity contribution in [2.75, 3.05) is 71.4 Å². The van der Waals surface area contributed by atoms with E-state index in [2.05, 4.69) is 41.1 Å². The highest BCUT2D eigenvalue weighted by Crippen LogP contribution is 2.30. The van der Waals surface area contributed by atoms with Gasteiger partial charge in [-0.15, -0.1) is 0 Å². The number of nitrogens with one attached hydrogen (secondary N) is 1. The molecule has 0 unspecified atom stereocenters. The maximum absolute atomic E-state index is 13.8. The minimum Gasteiger partial charge on any atom is -0.465 e. The van der Waals surface area contributed by atoms with E-state index in [0.29, 0.717) is 17.5 Å². The standard InChI is InChI=1S/C42H55F2NO16/c1-8-18-61-42(43,44)29-60-39(52)45-32-20-31(16-15-30(32)7)21-38(51)54-19-14-17-40(24-55-33(46)9-2,25-56-34(47)10-3)22-53-23-41(26-57-35(48)11-4,27-58-36(49)12-5)28-59-37(50)13-6/h9-12,15-16,20H,2-5,8,13-14,17-19,21-29H2,1,6-7H3,(H,45,52). The predicted molar refractivity (Wildman–Crippen MR) is 213 cm³/mol. The van der Waals surface area contributed by atoms with Crippen molar-refractivity contribution in [2.24, 2.45) is 10.8 Å². The monoisotopic (exact) mass is 867 g/mol. The van der Waals surface area contributed by atoms with Gasteiger partial charge in [0.05, 0.1) is 43.7 Å². The molecule has 61 heavy (non-hydrogen) atoms. The summed E-state index contributed by atoms with van der Waals surface area (Å²) >= 11 is 0. The molecule has 0 aliphatic carbocycles. The van der Waals surface area contributed by atoms with E-state index in [4.69, 9.17) is 33.2 Å². The van der Waals surface area contributed by atoms with Gasteiger partial charge in [0.1, 0.15) is 33.0 Å². The average molecular weight is 868 g/mol. The van der Waals surface area contributed by atoms with E-state index in [1.54, 1.807) is 32.9 Å². The Hall–Kier alpha value is -5.95. The Kier molecular flexibility index (Phi) is 24.1. The number of aryl methyl sites for hydroxylation is 1. The third-order valence-electron chi connectivity index (χ3n) is 8.28. The average Bonchev–Trinajstić information content (AvgIpc) is 3.25. The van der Waals surface area contributed by atoms with E-state index >= 15 is 0 Å². The molecule has 1 N–H and O–H groups in total. The summed E-state index contributed by atoms with van der Waals surface area (Å²) in [7, 11) is 0. The Morgan fingerprint density at radius 1 is 0.639 bits per heavy atom. The SMILES string of the molecule is C=CC(=O)OCC(CCCOC(=O)Cc1ccc(C)c(NC(=O)OCC(F)(F)OCCC)c1)(COCC(COC(=O)C=C)(COC(=O)C=C)COC(=O)CC)COC(=O)C=C. The van der Waals surface area contributed by atoms with Crippen molar-refractivity contribution in [1.29, 1.82) is 0 Å². The van der Waals surface area contributed by atoms with Gasteiger partial charge in [0, 0.05) is 36.4 Å².